The van der Waals surface area contributed by atoms with Gasteiger partial charge in [0.25, 0.3) is 0 Å². The highest BCUT2D eigenvalue weighted by Gasteiger charge is 2.33. The van der Waals surface area contributed by atoms with Crippen LogP contribution in [0.4, 0.5) is 13.2 Å². The number of sulfonamides is 1. The molecule has 0 bridgehead atoms. The van der Waals surface area contributed by atoms with Gasteiger partial charge in [0.15, 0.2) is 0 Å². The lowest BCUT2D eigenvalue weighted by molar-refractivity contribution is -0.137. The molecule has 1 aliphatic rings. The van der Waals surface area contributed by atoms with Crippen LogP contribution in [0.5, 0.6) is 0 Å². The summed E-state index contributed by atoms with van der Waals surface area (Å²) in [6.07, 6.45) is -4.47. The molecule has 8 heteroatoms. The minimum absolute atomic E-state index is 0.0626. The van der Waals surface area contributed by atoms with E-state index in [9.17, 15) is 21.6 Å². The predicted molar refractivity (Wildman–Crippen MR) is 67.8 cm³/mol. The van der Waals surface area contributed by atoms with Crippen LogP contribution in [0.2, 0.25) is 0 Å². The molecule has 1 aliphatic heterocycles. The lowest BCUT2D eigenvalue weighted by Gasteiger charge is -2.27. The van der Waals surface area contributed by atoms with E-state index >= 15 is 0 Å². The summed E-state index contributed by atoms with van der Waals surface area (Å²) in [5.41, 5.74) is -0.729. The smallest absolute Gasteiger partial charge is 0.314 e. The Hall–Kier alpha value is -1.12. The number of hydrogen-bond donors (Lipinski definition) is 1. The van der Waals surface area contributed by atoms with Gasteiger partial charge in [0, 0.05) is 26.2 Å². The average Bonchev–Trinajstić information content (AvgIpc) is 2.38. The fourth-order valence-electron chi connectivity index (χ4n) is 2.14. The van der Waals surface area contributed by atoms with Gasteiger partial charge in [-0.1, -0.05) is 0 Å². The molecule has 1 aromatic carbocycles. The van der Waals surface area contributed by atoms with Gasteiger partial charge in [0.2, 0.25) is 10.0 Å². The van der Waals surface area contributed by atoms with Crippen molar-refractivity contribution < 1.29 is 21.6 Å². The Labute approximate surface area is 115 Å². The molecule has 0 amide bonds. The summed E-state index contributed by atoms with van der Waals surface area (Å²) in [5.74, 6) is 0. The summed E-state index contributed by atoms with van der Waals surface area (Å²) in [6.45, 7) is 3.10. The van der Waals surface area contributed by atoms with Crippen LogP contribution >= 0.6 is 0 Å². The molecule has 1 saturated heterocycles. The fourth-order valence-corrected chi connectivity index (χ4v) is 3.79. The van der Waals surface area contributed by atoms with Crippen molar-refractivity contribution >= 4 is 10.0 Å². The van der Waals surface area contributed by atoms with Gasteiger partial charge in [-0.05, 0) is 30.7 Å². The first kappa shape index (κ1) is 15.3. The van der Waals surface area contributed by atoms with Gasteiger partial charge in [-0.3, -0.25) is 0 Å². The van der Waals surface area contributed by atoms with E-state index in [1.807, 2.05) is 0 Å². The first-order chi connectivity index (χ1) is 9.23. The van der Waals surface area contributed by atoms with Gasteiger partial charge in [-0.2, -0.15) is 17.5 Å². The molecule has 1 aromatic rings. The molecule has 0 aliphatic carbocycles. The van der Waals surface area contributed by atoms with Crippen molar-refractivity contribution in [1.29, 1.82) is 0 Å². The van der Waals surface area contributed by atoms with Crippen LogP contribution < -0.4 is 5.32 Å². The Kier molecular flexibility index (Phi) is 4.08. The van der Waals surface area contributed by atoms with Gasteiger partial charge < -0.3 is 5.32 Å². The van der Waals surface area contributed by atoms with E-state index in [2.05, 4.69) is 5.32 Å². The minimum Gasteiger partial charge on any atom is -0.314 e. The Balaban J connectivity index is 2.37. The van der Waals surface area contributed by atoms with E-state index in [-0.39, 0.29) is 10.5 Å². The van der Waals surface area contributed by atoms with Gasteiger partial charge in [0.05, 0.1) is 10.5 Å². The standard InChI is InChI=1S/C12H15F3N2O2S/c1-9-8-10(12(13,14)15)2-3-11(9)20(18,19)17-6-4-16-5-7-17/h2-3,8,16H,4-7H2,1H3. The van der Waals surface area contributed by atoms with Crippen molar-refractivity contribution in [2.45, 2.75) is 18.0 Å². The molecular weight excluding hydrogens is 293 g/mol. The largest absolute Gasteiger partial charge is 0.416 e. The van der Waals surface area contributed by atoms with Crippen molar-refractivity contribution in [3.8, 4) is 0 Å². The number of aryl methyl sites for hydroxylation is 1. The van der Waals surface area contributed by atoms with E-state index < -0.39 is 21.8 Å². The quantitative estimate of drug-likeness (QED) is 0.903. The monoisotopic (exact) mass is 308 g/mol. The normalized spacial score (nSPS) is 18.2. The predicted octanol–water partition coefficient (Wildman–Crippen LogP) is 1.61. The Morgan fingerprint density at radius 3 is 2.30 bits per heavy atom. The highest BCUT2D eigenvalue weighted by atomic mass is 32.2. The van der Waals surface area contributed by atoms with Gasteiger partial charge in [-0.25, -0.2) is 8.42 Å². The number of alkyl halides is 3. The molecule has 0 unspecified atom stereocenters. The third kappa shape index (κ3) is 2.97. The Morgan fingerprint density at radius 1 is 1.20 bits per heavy atom. The molecule has 20 heavy (non-hydrogen) atoms. The van der Waals surface area contributed by atoms with Crippen LogP contribution in [0.3, 0.4) is 0 Å². The molecule has 1 fully saturated rings. The van der Waals surface area contributed by atoms with E-state index in [1.54, 1.807) is 0 Å². The zero-order chi connectivity index (χ0) is 15.0. The van der Waals surface area contributed by atoms with Crippen LogP contribution in [0.15, 0.2) is 23.1 Å². The summed E-state index contributed by atoms with van der Waals surface area (Å²) in [5, 5.41) is 3.03. The molecule has 0 atom stereocenters. The Morgan fingerprint density at radius 2 is 1.80 bits per heavy atom. The molecule has 0 saturated carbocycles. The van der Waals surface area contributed by atoms with Crippen LogP contribution in [0.25, 0.3) is 0 Å². The third-order valence-electron chi connectivity index (χ3n) is 3.20. The third-order valence-corrected chi connectivity index (χ3v) is 5.25. The summed E-state index contributed by atoms with van der Waals surface area (Å²) in [4.78, 5) is -0.0626. The van der Waals surface area contributed by atoms with E-state index in [0.29, 0.717) is 26.2 Å². The van der Waals surface area contributed by atoms with Gasteiger partial charge >= 0.3 is 6.18 Å². The second-order valence-corrected chi connectivity index (χ2v) is 6.54. The molecule has 2 rings (SSSR count). The van der Waals surface area contributed by atoms with E-state index in [1.165, 1.54) is 11.2 Å². The number of piperazine rings is 1. The molecular formula is C12H15F3N2O2S. The van der Waals surface area contributed by atoms with Crippen molar-refractivity contribution in [1.82, 2.24) is 9.62 Å². The molecule has 1 heterocycles. The summed E-state index contributed by atoms with van der Waals surface area (Å²) in [7, 11) is -3.73. The summed E-state index contributed by atoms with van der Waals surface area (Å²) >= 11 is 0. The zero-order valence-corrected chi connectivity index (χ0v) is 11.7. The zero-order valence-electron chi connectivity index (χ0n) is 10.9. The first-order valence-electron chi connectivity index (χ1n) is 6.11. The maximum atomic E-state index is 12.6. The first-order valence-corrected chi connectivity index (χ1v) is 7.55. The van der Waals surface area contributed by atoms with E-state index in [0.717, 1.165) is 18.2 Å². The number of halogens is 3. The molecule has 112 valence electrons. The van der Waals surface area contributed by atoms with Crippen LogP contribution in [-0.4, -0.2) is 38.9 Å². The average molecular weight is 308 g/mol. The van der Waals surface area contributed by atoms with Crippen molar-refractivity contribution in [3.05, 3.63) is 29.3 Å². The molecule has 1 N–H and O–H groups in total. The van der Waals surface area contributed by atoms with Crippen molar-refractivity contribution in [2.24, 2.45) is 0 Å². The maximum Gasteiger partial charge on any atom is 0.416 e. The number of nitrogens with one attached hydrogen (secondary N) is 1. The highest BCUT2D eigenvalue weighted by molar-refractivity contribution is 7.89. The molecule has 0 aromatic heterocycles. The van der Waals surface area contributed by atoms with Crippen LogP contribution in [0.1, 0.15) is 11.1 Å². The van der Waals surface area contributed by atoms with Gasteiger partial charge in [0.1, 0.15) is 0 Å². The molecule has 4 nitrogen and oxygen atoms in total. The summed E-state index contributed by atoms with van der Waals surface area (Å²) < 4.78 is 63.8. The fraction of sp³-hybridized carbons (Fsp3) is 0.500. The maximum absolute atomic E-state index is 12.6. The number of benzene rings is 1. The van der Waals surface area contributed by atoms with Crippen LogP contribution in [0, 0.1) is 6.92 Å². The van der Waals surface area contributed by atoms with Crippen molar-refractivity contribution in [3.63, 3.8) is 0 Å². The topological polar surface area (TPSA) is 49.4 Å². The van der Waals surface area contributed by atoms with Crippen molar-refractivity contribution in [2.75, 3.05) is 26.2 Å². The number of nitrogens with zero attached hydrogens (tertiary/aromatic N) is 1. The number of hydrogen-bond acceptors (Lipinski definition) is 3. The lowest BCUT2D eigenvalue weighted by atomic mass is 10.1. The SMILES string of the molecule is Cc1cc(C(F)(F)F)ccc1S(=O)(=O)N1CCNCC1. The lowest BCUT2D eigenvalue weighted by Crippen LogP contribution is -2.46. The van der Waals surface area contributed by atoms with E-state index in [4.69, 9.17) is 0 Å². The second kappa shape index (κ2) is 5.34. The van der Waals surface area contributed by atoms with Crippen LogP contribution in [-0.2, 0) is 16.2 Å². The van der Waals surface area contributed by atoms with Gasteiger partial charge in [-0.15, -0.1) is 0 Å². The minimum atomic E-state index is -4.47. The molecule has 0 radical (unpaired) electrons. The molecule has 0 spiro atoms. The Bertz CT molecular complexity index is 593. The number of rotatable bonds is 2. The highest BCUT2D eigenvalue weighted by Crippen LogP contribution is 2.32. The summed E-state index contributed by atoms with van der Waals surface area (Å²) in [6, 6.07) is 2.71. The second-order valence-electron chi connectivity index (χ2n) is 4.63.